The number of nitrogens with two attached hydrogens (primary N) is 1. The first-order valence-corrected chi connectivity index (χ1v) is 10.9. The summed E-state index contributed by atoms with van der Waals surface area (Å²) in [7, 11) is -4.06. The Morgan fingerprint density at radius 2 is 1.90 bits per heavy atom. The van der Waals surface area contributed by atoms with Crippen molar-refractivity contribution < 1.29 is 26.8 Å². The predicted octanol–water partition coefficient (Wildman–Crippen LogP) is 0.574. The van der Waals surface area contributed by atoms with Crippen molar-refractivity contribution >= 4 is 33.2 Å². The van der Waals surface area contributed by atoms with Crippen LogP contribution in [0.5, 0.6) is 0 Å². The maximum Gasteiger partial charge on any atom is 0.259 e. The summed E-state index contributed by atoms with van der Waals surface area (Å²) in [5, 5.41) is 4.05. The molecular weight excluding hydrogens is 426 g/mol. The van der Waals surface area contributed by atoms with E-state index in [-0.39, 0.29) is 36.0 Å². The maximum atomic E-state index is 13.5. The molecule has 156 valence electrons. The summed E-state index contributed by atoms with van der Waals surface area (Å²) < 4.78 is 53.9. The van der Waals surface area contributed by atoms with Gasteiger partial charge in [0.05, 0.1) is 0 Å². The lowest BCUT2D eigenvalue weighted by atomic mass is 10.2. The van der Waals surface area contributed by atoms with E-state index in [2.05, 4.69) is 5.32 Å². The van der Waals surface area contributed by atoms with Gasteiger partial charge >= 0.3 is 0 Å². The van der Waals surface area contributed by atoms with Crippen molar-refractivity contribution in [1.29, 1.82) is 0 Å². The van der Waals surface area contributed by atoms with Gasteiger partial charge in [-0.25, -0.2) is 17.2 Å². The third kappa shape index (κ3) is 4.29. The highest BCUT2D eigenvalue weighted by Gasteiger charge is 2.46. The van der Waals surface area contributed by atoms with Crippen LogP contribution in [-0.2, 0) is 14.8 Å². The Bertz CT molecular complexity index is 994. The minimum atomic E-state index is -4.06. The van der Waals surface area contributed by atoms with Gasteiger partial charge < -0.3 is 16.0 Å². The second-order valence-corrected chi connectivity index (χ2v) is 9.22. The number of thiophene rings is 1. The van der Waals surface area contributed by atoms with Crippen molar-refractivity contribution in [2.24, 2.45) is 5.73 Å². The van der Waals surface area contributed by atoms with Crippen LogP contribution in [-0.4, -0.2) is 61.8 Å². The van der Waals surface area contributed by atoms with Gasteiger partial charge in [0, 0.05) is 37.8 Å². The summed E-state index contributed by atoms with van der Waals surface area (Å²) in [6, 6.07) is 5.21. The van der Waals surface area contributed by atoms with E-state index in [1.807, 2.05) is 0 Å². The van der Waals surface area contributed by atoms with Crippen molar-refractivity contribution in [1.82, 2.24) is 14.5 Å². The Kier molecular flexibility index (Phi) is 6.27. The van der Waals surface area contributed by atoms with Gasteiger partial charge in [-0.05, 0) is 23.6 Å². The van der Waals surface area contributed by atoms with Crippen LogP contribution in [0, 0.1) is 11.6 Å². The number of carbonyl (C=O) groups is 2. The molecule has 2 amide bonds. The van der Waals surface area contributed by atoms with Crippen molar-refractivity contribution in [2.45, 2.75) is 10.4 Å². The molecule has 8 nitrogen and oxygen atoms in total. The Labute approximate surface area is 170 Å². The second kappa shape index (κ2) is 8.53. The lowest BCUT2D eigenvalue weighted by Crippen LogP contribution is -2.54. The zero-order chi connectivity index (χ0) is 21.2. The zero-order valence-corrected chi connectivity index (χ0v) is 16.7. The third-order valence-electron chi connectivity index (χ3n) is 4.24. The van der Waals surface area contributed by atoms with Gasteiger partial charge in [0.25, 0.3) is 21.8 Å². The van der Waals surface area contributed by atoms with Crippen molar-refractivity contribution in [3.8, 4) is 0 Å². The quantitative estimate of drug-likeness (QED) is 0.677. The van der Waals surface area contributed by atoms with E-state index in [4.69, 9.17) is 5.73 Å². The van der Waals surface area contributed by atoms with E-state index in [1.54, 1.807) is 11.4 Å². The zero-order valence-electron chi connectivity index (χ0n) is 15.0. The number of carbonyl (C=O) groups excluding carboxylic acids is 2. The number of halogens is 2. The molecule has 2 heterocycles. The molecule has 0 aliphatic carbocycles. The predicted molar refractivity (Wildman–Crippen MR) is 101 cm³/mol. The summed E-state index contributed by atoms with van der Waals surface area (Å²) in [5.74, 6) is -3.53. The van der Waals surface area contributed by atoms with E-state index in [0.717, 1.165) is 32.7 Å². The summed E-state index contributed by atoms with van der Waals surface area (Å²) in [6.07, 6.45) is -1.51. The van der Waals surface area contributed by atoms with Crippen LogP contribution in [0.25, 0.3) is 0 Å². The molecule has 1 fully saturated rings. The molecule has 1 aliphatic rings. The lowest BCUT2D eigenvalue weighted by Gasteiger charge is -2.28. The van der Waals surface area contributed by atoms with Gasteiger partial charge in [0.15, 0.2) is 6.17 Å². The van der Waals surface area contributed by atoms with Crippen LogP contribution in [0.4, 0.5) is 8.78 Å². The first-order valence-electron chi connectivity index (χ1n) is 8.56. The minimum absolute atomic E-state index is 0.0141. The molecule has 3 N–H and O–H groups in total. The molecule has 1 aromatic heterocycles. The first kappa shape index (κ1) is 21.3. The average Bonchev–Trinajstić information content (AvgIpc) is 3.34. The van der Waals surface area contributed by atoms with Gasteiger partial charge in [-0.1, -0.05) is 6.07 Å². The Hall–Kier alpha value is -2.41. The minimum Gasteiger partial charge on any atom is -0.352 e. The number of nitrogens with one attached hydrogen (secondary N) is 1. The van der Waals surface area contributed by atoms with Crippen molar-refractivity contribution in [3.63, 3.8) is 0 Å². The highest BCUT2D eigenvalue weighted by atomic mass is 32.2. The monoisotopic (exact) mass is 444 g/mol. The smallest absolute Gasteiger partial charge is 0.259 e. The molecule has 1 aliphatic heterocycles. The van der Waals surface area contributed by atoms with Gasteiger partial charge in [-0.15, -0.1) is 11.3 Å². The SMILES string of the molecule is NCCNC(=O)C1N(C(=O)c2cc(F)cc(F)c2)CCN1S(=O)(=O)c1cccs1. The second-order valence-electron chi connectivity index (χ2n) is 6.16. The molecule has 0 spiro atoms. The fraction of sp³-hybridized carbons (Fsp3) is 0.294. The summed E-state index contributed by atoms with van der Waals surface area (Å²) in [4.78, 5) is 26.5. The van der Waals surface area contributed by atoms with Crippen LogP contribution in [0.2, 0.25) is 0 Å². The number of hydrogen-bond acceptors (Lipinski definition) is 6. The largest absolute Gasteiger partial charge is 0.352 e. The molecule has 0 radical (unpaired) electrons. The number of benzene rings is 1. The highest BCUT2D eigenvalue weighted by Crippen LogP contribution is 2.28. The van der Waals surface area contributed by atoms with Gasteiger partial charge in [-0.2, -0.15) is 4.31 Å². The molecule has 3 rings (SSSR count). The van der Waals surface area contributed by atoms with Gasteiger partial charge in [-0.3, -0.25) is 9.59 Å². The molecule has 1 saturated heterocycles. The van der Waals surface area contributed by atoms with Crippen molar-refractivity contribution in [3.05, 3.63) is 52.9 Å². The lowest BCUT2D eigenvalue weighted by molar-refractivity contribution is -0.127. The molecule has 1 atom stereocenters. The van der Waals surface area contributed by atoms with Crippen LogP contribution in [0.3, 0.4) is 0 Å². The van der Waals surface area contributed by atoms with E-state index in [9.17, 15) is 26.8 Å². The van der Waals surface area contributed by atoms with Crippen LogP contribution < -0.4 is 11.1 Å². The Morgan fingerprint density at radius 1 is 1.21 bits per heavy atom. The third-order valence-corrected chi connectivity index (χ3v) is 7.46. The molecule has 1 unspecified atom stereocenters. The Morgan fingerprint density at radius 3 is 2.48 bits per heavy atom. The molecule has 0 saturated carbocycles. The standard InChI is InChI=1S/C17H18F2N4O4S2/c18-12-8-11(9-13(19)10-12)17(25)22-5-6-23(16(22)15(24)21-4-3-20)29(26,27)14-2-1-7-28-14/h1-2,7-10,16H,3-6,20H2,(H,21,24). The maximum absolute atomic E-state index is 13.5. The van der Waals surface area contributed by atoms with Crippen molar-refractivity contribution in [2.75, 3.05) is 26.2 Å². The highest BCUT2D eigenvalue weighted by molar-refractivity contribution is 7.91. The molecule has 12 heteroatoms. The number of nitrogens with zero attached hydrogens (tertiary/aromatic N) is 2. The number of amides is 2. The molecule has 0 bridgehead atoms. The Balaban J connectivity index is 1.98. The fourth-order valence-corrected chi connectivity index (χ4v) is 5.66. The fourth-order valence-electron chi connectivity index (χ4n) is 3.00. The molecule has 2 aromatic rings. The van der Waals surface area contributed by atoms with Crippen LogP contribution in [0.1, 0.15) is 10.4 Å². The number of rotatable bonds is 6. The normalized spacial score (nSPS) is 17.5. The van der Waals surface area contributed by atoms with E-state index >= 15 is 0 Å². The number of hydrogen-bond donors (Lipinski definition) is 2. The molecule has 1 aromatic carbocycles. The average molecular weight is 444 g/mol. The van der Waals surface area contributed by atoms with Gasteiger partial charge in [0.1, 0.15) is 15.8 Å². The van der Waals surface area contributed by atoms with Crippen LogP contribution >= 0.6 is 11.3 Å². The molecular formula is C17H18F2N4O4S2. The number of sulfonamides is 1. The van der Waals surface area contributed by atoms with E-state index in [0.29, 0.717) is 6.07 Å². The van der Waals surface area contributed by atoms with E-state index < -0.39 is 39.6 Å². The van der Waals surface area contributed by atoms with E-state index in [1.165, 1.54) is 6.07 Å². The first-order chi connectivity index (χ1) is 13.8. The van der Waals surface area contributed by atoms with Gasteiger partial charge in [0.2, 0.25) is 0 Å². The molecule has 29 heavy (non-hydrogen) atoms. The summed E-state index contributed by atoms with van der Waals surface area (Å²) in [5.41, 5.74) is 5.06. The summed E-state index contributed by atoms with van der Waals surface area (Å²) in [6.45, 7) is -0.0925. The topological polar surface area (TPSA) is 113 Å². The van der Waals surface area contributed by atoms with Crippen LogP contribution in [0.15, 0.2) is 39.9 Å². The summed E-state index contributed by atoms with van der Waals surface area (Å²) >= 11 is 0.974.